The van der Waals surface area contributed by atoms with Gasteiger partial charge in [0.1, 0.15) is 5.60 Å². The molecule has 0 unspecified atom stereocenters. The number of ether oxygens (including phenoxy) is 1. The molecule has 0 N–H and O–H groups in total. The van der Waals surface area contributed by atoms with Crippen LogP contribution in [0.3, 0.4) is 0 Å². The van der Waals surface area contributed by atoms with E-state index in [2.05, 4.69) is 15.6 Å². The molecule has 0 bridgehead atoms. The van der Waals surface area contributed by atoms with Crippen molar-refractivity contribution < 1.29 is 9.53 Å². The Morgan fingerprint density at radius 3 is 3.00 bits per heavy atom. The van der Waals surface area contributed by atoms with Crippen LogP contribution in [0.1, 0.15) is 36.8 Å². The lowest BCUT2D eigenvalue weighted by Gasteiger charge is -2.36. The van der Waals surface area contributed by atoms with Crippen LogP contribution in [0, 0.1) is 24.2 Å². The Balaban J connectivity index is 1.36. The van der Waals surface area contributed by atoms with E-state index < -0.39 is 5.60 Å². The average molecular weight is 400 g/mol. The van der Waals surface area contributed by atoms with Gasteiger partial charge in [-0.1, -0.05) is 18.2 Å². The van der Waals surface area contributed by atoms with Crippen molar-refractivity contribution in [2.45, 2.75) is 44.8 Å². The SMILES string of the molecule is Cc1ccccc1N1C[C@@]2(CCC[C@H](Cn3cnc4ccc(C#N)cc43)C2)OC1=O. The van der Waals surface area contributed by atoms with E-state index in [0.717, 1.165) is 54.5 Å². The van der Waals surface area contributed by atoms with Crippen LogP contribution in [0.15, 0.2) is 48.8 Å². The fourth-order valence-corrected chi connectivity index (χ4v) is 5.06. The lowest BCUT2D eigenvalue weighted by Crippen LogP contribution is -2.40. The highest BCUT2D eigenvalue weighted by Gasteiger charge is 2.48. The van der Waals surface area contributed by atoms with Gasteiger partial charge in [-0.05, 0) is 68.4 Å². The molecular formula is C24H24N4O2. The molecule has 1 aromatic heterocycles. The van der Waals surface area contributed by atoms with E-state index in [-0.39, 0.29) is 6.09 Å². The first kappa shape index (κ1) is 18.7. The van der Waals surface area contributed by atoms with Crippen molar-refractivity contribution in [3.63, 3.8) is 0 Å². The summed E-state index contributed by atoms with van der Waals surface area (Å²) in [6.07, 6.45) is 5.50. The Morgan fingerprint density at radius 1 is 1.30 bits per heavy atom. The molecule has 6 heteroatoms. The zero-order valence-electron chi connectivity index (χ0n) is 17.0. The number of imidazole rings is 1. The van der Waals surface area contributed by atoms with Gasteiger partial charge in [-0.25, -0.2) is 9.78 Å². The van der Waals surface area contributed by atoms with Crippen LogP contribution in [0.2, 0.25) is 0 Å². The molecule has 1 amide bonds. The predicted octanol–water partition coefficient (Wildman–Crippen LogP) is 4.80. The smallest absolute Gasteiger partial charge is 0.415 e. The molecule has 152 valence electrons. The van der Waals surface area contributed by atoms with E-state index in [1.54, 1.807) is 11.0 Å². The number of amides is 1. The fraction of sp³-hybridized carbons (Fsp3) is 0.375. The Morgan fingerprint density at radius 2 is 2.17 bits per heavy atom. The molecule has 2 aromatic carbocycles. The van der Waals surface area contributed by atoms with E-state index in [9.17, 15) is 10.1 Å². The van der Waals surface area contributed by atoms with Crippen LogP contribution in [-0.2, 0) is 11.3 Å². The molecule has 1 aliphatic carbocycles. The molecule has 0 radical (unpaired) electrons. The summed E-state index contributed by atoms with van der Waals surface area (Å²) in [4.78, 5) is 19.0. The summed E-state index contributed by atoms with van der Waals surface area (Å²) in [5.74, 6) is 0.395. The molecule has 30 heavy (non-hydrogen) atoms. The highest BCUT2D eigenvalue weighted by atomic mass is 16.6. The van der Waals surface area contributed by atoms with Crippen LogP contribution in [0.4, 0.5) is 10.5 Å². The predicted molar refractivity (Wildman–Crippen MR) is 114 cm³/mol. The third kappa shape index (κ3) is 3.21. The van der Waals surface area contributed by atoms with Gasteiger partial charge in [0.05, 0.1) is 41.2 Å². The van der Waals surface area contributed by atoms with Crippen molar-refractivity contribution >= 4 is 22.8 Å². The highest BCUT2D eigenvalue weighted by Crippen LogP contribution is 2.42. The second-order valence-corrected chi connectivity index (χ2v) is 8.60. The molecule has 2 heterocycles. The van der Waals surface area contributed by atoms with Gasteiger partial charge in [-0.15, -0.1) is 0 Å². The third-order valence-corrected chi connectivity index (χ3v) is 6.49. The number of anilines is 1. The molecule has 6 nitrogen and oxygen atoms in total. The summed E-state index contributed by atoms with van der Waals surface area (Å²) in [6, 6.07) is 15.8. The Kier molecular flexibility index (Phi) is 4.47. The molecule has 1 aliphatic heterocycles. The summed E-state index contributed by atoms with van der Waals surface area (Å²) in [6.45, 7) is 3.45. The Labute approximate surface area is 175 Å². The summed E-state index contributed by atoms with van der Waals surface area (Å²) in [5, 5.41) is 9.22. The van der Waals surface area contributed by atoms with E-state index >= 15 is 0 Å². The number of carbonyl (C=O) groups excluding carboxylic acids is 1. The van der Waals surface area contributed by atoms with Crippen molar-refractivity contribution in [1.29, 1.82) is 5.26 Å². The van der Waals surface area contributed by atoms with Crippen LogP contribution in [-0.4, -0.2) is 27.8 Å². The topological polar surface area (TPSA) is 71.2 Å². The maximum Gasteiger partial charge on any atom is 0.415 e. The van der Waals surface area contributed by atoms with Crippen molar-refractivity contribution in [2.24, 2.45) is 5.92 Å². The molecule has 2 aliphatic rings. The molecule has 2 fully saturated rings. The zero-order valence-corrected chi connectivity index (χ0v) is 17.0. The van der Waals surface area contributed by atoms with Crippen molar-refractivity contribution in [1.82, 2.24) is 9.55 Å². The van der Waals surface area contributed by atoms with Crippen molar-refractivity contribution in [2.75, 3.05) is 11.4 Å². The highest BCUT2D eigenvalue weighted by molar-refractivity contribution is 5.91. The molecule has 1 saturated carbocycles. The van der Waals surface area contributed by atoms with Gasteiger partial charge in [0.15, 0.2) is 0 Å². The van der Waals surface area contributed by atoms with Crippen LogP contribution >= 0.6 is 0 Å². The first-order valence-electron chi connectivity index (χ1n) is 10.5. The van der Waals surface area contributed by atoms with Crippen LogP contribution in [0.25, 0.3) is 11.0 Å². The molecule has 5 rings (SSSR count). The minimum atomic E-state index is -0.420. The van der Waals surface area contributed by atoms with Crippen molar-refractivity contribution in [3.8, 4) is 6.07 Å². The summed E-state index contributed by atoms with van der Waals surface area (Å²) in [5.41, 5.74) is 4.12. The summed E-state index contributed by atoms with van der Waals surface area (Å²) < 4.78 is 8.14. The average Bonchev–Trinajstić information content (AvgIpc) is 3.28. The quantitative estimate of drug-likeness (QED) is 0.633. The Hall–Kier alpha value is -3.33. The zero-order chi connectivity index (χ0) is 20.7. The minimum Gasteiger partial charge on any atom is -0.441 e. The number of nitriles is 1. The first-order chi connectivity index (χ1) is 14.6. The number of para-hydroxylation sites is 1. The van der Waals surface area contributed by atoms with Gasteiger partial charge < -0.3 is 9.30 Å². The summed E-state index contributed by atoms with van der Waals surface area (Å²) >= 11 is 0. The maximum atomic E-state index is 12.7. The molecular weight excluding hydrogens is 376 g/mol. The number of rotatable bonds is 3. The van der Waals surface area contributed by atoms with Gasteiger partial charge in [0.25, 0.3) is 0 Å². The van der Waals surface area contributed by atoms with Gasteiger partial charge in [0, 0.05) is 6.54 Å². The van der Waals surface area contributed by atoms with Crippen molar-refractivity contribution in [3.05, 3.63) is 59.9 Å². The third-order valence-electron chi connectivity index (χ3n) is 6.49. The largest absolute Gasteiger partial charge is 0.441 e. The van der Waals surface area contributed by atoms with E-state index in [1.165, 1.54) is 0 Å². The number of benzene rings is 2. The number of nitrogens with zero attached hydrogens (tertiary/aromatic N) is 4. The number of hydrogen-bond donors (Lipinski definition) is 0. The van der Waals surface area contributed by atoms with Gasteiger partial charge >= 0.3 is 6.09 Å². The number of hydrogen-bond acceptors (Lipinski definition) is 4. The fourth-order valence-electron chi connectivity index (χ4n) is 5.06. The Bertz CT molecular complexity index is 1160. The summed E-state index contributed by atoms with van der Waals surface area (Å²) in [7, 11) is 0. The number of aryl methyl sites for hydroxylation is 1. The number of carbonyl (C=O) groups is 1. The first-order valence-corrected chi connectivity index (χ1v) is 10.5. The van der Waals surface area contributed by atoms with Gasteiger partial charge in [-0.2, -0.15) is 5.26 Å². The lowest BCUT2D eigenvalue weighted by molar-refractivity contribution is 0.00439. The number of fused-ring (bicyclic) bond motifs is 1. The monoisotopic (exact) mass is 400 g/mol. The minimum absolute atomic E-state index is 0.239. The van der Waals surface area contributed by atoms with Crippen LogP contribution < -0.4 is 4.90 Å². The van der Waals surface area contributed by atoms with Gasteiger partial charge in [0.2, 0.25) is 0 Å². The van der Waals surface area contributed by atoms with E-state index in [0.29, 0.717) is 18.0 Å². The van der Waals surface area contributed by atoms with E-state index in [4.69, 9.17) is 4.74 Å². The molecule has 1 spiro atoms. The molecule has 3 aromatic rings. The second kappa shape index (κ2) is 7.17. The lowest BCUT2D eigenvalue weighted by atomic mass is 9.78. The second-order valence-electron chi connectivity index (χ2n) is 8.60. The van der Waals surface area contributed by atoms with Gasteiger partial charge in [-0.3, -0.25) is 4.90 Å². The maximum absolute atomic E-state index is 12.7. The number of aromatic nitrogens is 2. The normalized spacial score (nSPS) is 23.7. The van der Waals surface area contributed by atoms with E-state index in [1.807, 2.05) is 49.6 Å². The van der Waals surface area contributed by atoms with Crippen LogP contribution in [0.5, 0.6) is 0 Å². The molecule has 2 atom stereocenters. The molecule has 1 saturated heterocycles. The standard InChI is InChI=1S/C24H24N4O2/c1-17-5-2-3-7-21(17)28-15-24(30-23(28)29)10-4-6-19(12-24)14-27-16-26-20-9-8-18(13-25)11-22(20)27/h2-3,5,7-9,11,16,19H,4,6,10,12,14-15H2,1H3/t19-,24-/m0/s1.